The van der Waals surface area contributed by atoms with Gasteiger partial charge in [0.15, 0.2) is 0 Å². The Balaban J connectivity index is 1.46. The SMILES string of the molecule is CC1(C)CC[C@H](Nc2ncc(C(F)(F)F)c(-c3c[nH]c4c3CCCN(Cc3nccs3)C4=O)n2)CN1. The first kappa shape index (κ1) is 24.7. The summed E-state index contributed by atoms with van der Waals surface area (Å²) in [4.78, 5) is 30.5. The highest BCUT2D eigenvalue weighted by Crippen LogP contribution is 2.39. The molecule has 12 heteroatoms. The van der Waals surface area contributed by atoms with Crippen LogP contribution in [-0.4, -0.2) is 55.4 Å². The molecule has 0 bridgehead atoms. The molecule has 0 unspecified atom stereocenters. The Labute approximate surface area is 210 Å². The van der Waals surface area contributed by atoms with E-state index < -0.39 is 11.7 Å². The van der Waals surface area contributed by atoms with Crippen molar-refractivity contribution in [3.05, 3.63) is 45.8 Å². The lowest BCUT2D eigenvalue weighted by Crippen LogP contribution is -2.50. The number of nitrogens with zero attached hydrogens (tertiary/aromatic N) is 4. The van der Waals surface area contributed by atoms with Gasteiger partial charge in [0.2, 0.25) is 5.95 Å². The zero-order valence-corrected chi connectivity index (χ0v) is 20.9. The van der Waals surface area contributed by atoms with Crippen LogP contribution in [0.4, 0.5) is 19.1 Å². The lowest BCUT2D eigenvalue weighted by Gasteiger charge is -2.36. The fraction of sp³-hybridized carbons (Fsp3) is 0.500. The molecule has 0 radical (unpaired) electrons. The summed E-state index contributed by atoms with van der Waals surface area (Å²) in [6.07, 6.45) is 2.19. The number of hydrogen-bond donors (Lipinski definition) is 3. The Morgan fingerprint density at radius 1 is 1.31 bits per heavy atom. The van der Waals surface area contributed by atoms with Gasteiger partial charge in [-0.25, -0.2) is 15.0 Å². The molecule has 3 aromatic heterocycles. The van der Waals surface area contributed by atoms with Crippen molar-refractivity contribution in [3.8, 4) is 11.3 Å². The fourth-order valence-corrected chi connectivity index (χ4v) is 5.39. The number of amides is 1. The largest absolute Gasteiger partial charge is 0.419 e. The topological polar surface area (TPSA) is 98.8 Å². The highest BCUT2D eigenvalue weighted by Gasteiger charge is 2.38. The summed E-state index contributed by atoms with van der Waals surface area (Å²) < 4.78 is 41.9. The maximum atomic E-state index is 14.0. The predicted molar refractivity (Wildman–Crippen MR) is 131 cm³/mol. The highest BCUT2D eigenvalue weighted by atomic mass is 32.1. The number of aromatic nitrogens is 4. The number of carbonyl (C=O) groups excluding carboxylic acids is 1. The van der Waals surface area contributed by atoms with Crippen LogP contribution in [0.1, 0.15) is 59.7 Å². The fourth-order valence-electron chi connectivity index (χ4n) is 4.76. The van der Waals surface area contributed by atoms with E-state index in [0.29, 0.717) is 43.7 Å². The van der Waals surface area contributed by atoms with Crippen LogP contribution < -0.4 is 10.6 Å². The quantitative estimate of drug-likeness (QED) is 0.460. The summed E-state index contributed by atoms with van der Waals surface area (Å²) in [6, 6.07) is 0.00643. The van der Waals surface area contributed by atoms with Crippen LogP contribution in [0.3, 0.4) is 0 Å². The van der Waals surface area contributed by atoms with E-state index in [9.17, 15) is 18.0 Å². The minimum atomic E-state index is -4.64. The van der Waals surface area contributed by atoms with Crippen molar-refractivity contribution in [1.82, 2.24) is 30.2 Å². The average Bonchev–Trinajstić information content (AvgIpc) is 3.46. The number of thiazole rings is 1. The molecule has 3 aromatic rings. The number of hydrogen-bond acceptors (Lipinski definition) is 7. The Morgan fingerprint density at radius 3 is 2.83 bits per heavy atom. The summed E-state index contributed by atoms with van der Waals surface area (Å²) in [5, 5.41) is 9.28. The molecule has 1 saturated heterocycles. The first-order chi connectivity index (χ1) is 17.1. The number of aromatic amines is 1. The van der Waals surface area contributed by atoms with Crippen LogP contribution in [0.25, 0.3) is 11.3 Å². The maximum Gasteiger partial charge on any atom is 0.419 e. The Hall–Kier alpha value is -2.99. The van der Waals surface area contributed by atoms with Gasteiger partial charge in [-0.2, -0.15) is 13.2 Å². The molecule has 5 heterocycles. The van der Waals surface area contributed by atoms with E-state index in [1.165, 1.54) is 17.5 Å². The first-order valence-corrected chi connectivity index (χ1v) is 12.8. The maximum absolute atomic E-state index is 14.0. The third kappa shape index (κ3) is 5.10. The molecule has 1 atom stereocenters. The van der Waals surface area contributed by atoms with Crippen molar-refractivity contribution in [1.29, 1.82) is 0 Å². The number of anilines is 1. The molecular weight excluding hydrogens is 491 g/mol. The van der Waals surface area contributed by atoms with Gasteiger partial charge in [0.05, 0.1) is 12.2 Å². The van der Waals surface area contributed by atoms with Gasteiger partial charge < -0.3 is 20.5 Å². The smallest absolute Gasteiger partial charge is 0.356 e. The van der Waals surface area contributed by atoms with Crippen molar-refractivity contribution in [2.24, 2.45) is 0 Å². The molecule has 8 nitrogen and oxygen atoms in total. The number of halogens is 3. The van der Waals surface area contributed by atoms with Crippen molar-refractivity contribution in [3.63, 3.8) is 0 Å². The second kappa shape index (κ2) is 9.47. The lowest BCUT2D eigenvalue weighted by molar-refractivity contribution is -0.137. The van der Waals surface area contributed by atoms with E-state index in [1.807, 2.05) is 5.38 Å². The van der Waals surface area contributed by atoms with Gasteiger partial charge in [0, 0.05) is 54.2 Å². The summed E-state index contributed by atoms with van der Waals surface area (Å²) in [7, 11) is 0. The molecule has 3 N–H and O–H groups in total. The Morgan fingerprint density at radius 2 is 2.14 bits per heavy atom. The van der Waals surface area contributed by atoms with Crippen LogP contribution in [0.2, 0.25) is 0 Å². The number of carbonyl (C=O) groups is 1. The molecule has 1 fully saturated rings. The number of piperidine rings is 1. The average molecular weight is 520 g/mol. The van der Waals surface area contributed by atoms with E-state index in [0.717, 1.165) is 24.0 Å². The molecule has 2 aliphatic heterocycles. The van der Waals surface area contributed by atoms with Crippen molar-refractivity contribution < 1.29 is 18.0 Å². The van der Waals surface area contributed by atoms with Crippen LogP contribution in [0, 0.1) is 0 Å². The number of alkyl halides is 3. The van der Waals surface area contributed by atoms with Crippen molar-refractivity contribution in [2.75, 3.05) is 18.4 Å². The summed E-state index contributed by atoms with van der Waals surface area (Å²) in [5.74, 6) is -0.106. The van der Waals surface area contributed by atoms with Crippen molar-refractivity contribution in [2.45, 2.75) is 63.8 Å². The monoisotopic (exact) mass is 519 g/mol. The minimum absolute atomic E-state index is 0.00643. The number of fused-ring (bicyclic) bond motifs is 1. The second-order valence-corrected chi connectivity index (χ2v) is 10.9. The molecule has 0 aromatic carbocycles. The van der Waals surface area contributed by atoms with Gasteiger partial charge in [-0.15, -0.1) is 11.3 Å². The lowest BCUT2D eigenvalue weighted by atomic mass is 9.91. The van der Waals surface area contributed by atoms with E-state index in [-0.39, 0.29) is 34.7 Å². The second-order valence-electron chi connectivity index (χ2n) is 9.91. The van der Waals surface area contributed by atoms with E-state index in [2.05, 4.69) is 44.4 Å². The third-order valence-electron chi connectivity index (χ3n) is 6.78. The van der Waals surface area contributed by atoms with E-state index >= 15 is 0 Å². The van der Waals surface area contributed by atoms with Crippen molar-refractivity contribution >= 4 is 23.2 Å². The molecule has 0 spiro atoms. The highest BCUT2D eigenvalue weighted by molar-refractivity contribution is 7.09. The first-order valence-electron chi connectivity index (χ1n) is 11.9. The van der Waals surface area contributed by atoms with E-state index in [4.69, 9.17) is 0 Å². The Bertz CT molecular complexity index is 1230. The number of H-pyrrole nitrogens is 1. The number of rotatable bonds is 5. The third-order valence-corrected chi connectivity index (χ3v) is 7.54. The molecule has 1 amide bonds. The van der Waals surface area contributed by atoms with Crippen LogP contribution in [0.15, 0.2) is 24.0 Å². The normalized spacial score (nSPS) is 20.2. The Kier molecular flexibility index (Phi) is 6.50. The summed E-state index contributed by atoms with van der Waals surface area (Å²) in [6.45, 7) is 5.76. The zero-order chi connectivity index (χ0) is 25.5. The molecule has 2 aliphatic rings. The molecule has 5 rings (SSSR count). The van der Waals surface area contributed by atoms with E-state index in [1.54, 1.807) is 11.1 Å². The minimum Gasteiger partial charge on any atom is -0.356 e. The summed E-state index contributed by atoms with van der Waals surface area (Å²) in [5.41, 5.74) is 0.0244. The molecule has 192 valence electrons. The van der Waals surface area contributed by atoms with Crippen LogP contribution in [0.5, 0.6) is 0 Å². The molecule has 0 aliphatic carbocycles. The number of nitrogens with one attached hydrogen (secondary N) is 3. The molecular formula is C24H28F3N7OS. The van der Waals surface area contributed by atoms with Crippen LogP contribution >= 0.6 is 11.3 Å². The summed E-state index contributed by atoms with van der Waals surface area (Å²) >= 11 is 1.46. The van der Waals surface area contributed by atoms with Gasteiger partial charge in [0.25, 0.3) is 5.91 Å². The molecule has 0 saturated carbocycles. The van der Waals surface area contributed by atoms with Crippen LogP contribution in [-0.2, 0) is 19.1 Å². The zero-order valence-electron chi connectivity index (χ0n) is 20.1. The van der Waals surface area contributed by atoms with Gasteiger partial charge >= 0.3 is 6.18 Å². The van der Waals surface area contributed by atoms with Gasteiger partial charge in [-0.1, -0.05) is 0 Å². The predicted octanol–water partition coefficient (Wildman–Crippen LogP) is 4.48. The van der Waals surface area contributed by atoms with Gasteiger partial charge in [-0.3, -0.25) is 4.79 Å². The van der Waals surface area contributed by atoms with Gasteiger partial charge in [0.1, 0.15) is 16.3 Å². The molecule has 36 heavy (non-hydrogen) atoms. The standard InChI is InChI=1S/C24H28F3N7OS/c1-23(2)6-5-14(10-31-23)32-22-30-12-17(24(25,26)27)19(33-22)16-11-29-20-15(16)4-3-8-34(21(20)35)13-18-28-7-9-36-18/h7,9,11-12,14,29,31H,3-6,8,10,13H2,1-2H3,(H,30,32,33)/t14-/m0/s1. The van der Waals surface area contributed by atoms with Gasteiger partial charge in [-0.05, 0) is 45.1 Å².